The van der Waals surface area contributed by atoms with Crippen molar-refractivity contribution >= 4 is 17.4 Å². The van der Waals surface area contributed by atoms with Crippen LogP contribution in [0, 0.1) is 6.57 Å². The first-order valence-electron chi connectivity index (χ1n) is 7.30. The Bertz CT molecular complexity index is 985. The number of hydrogen-bond acceptors (Lipinski definition) is 7. The van der Waals surface area contributed by atoms with Crippen LogP contribution in [0.5, 0.6) is 17.2 Å². The summed E-state index contributed by atoms with van der Waals surface area (Å²) in [5.74, 6) is -1.29. The van der Waals surface area contributed by atoms with E-state index < -0.39 is 23.8 Å². The van der Waals surface area contributed by atoms with Gasteiger partial charge in [-0.3, -0.25) is 4.79 Å². The summed E-state index contributed by atoms with van der Waals surface area (Å²) in [6.45, 7) is 7.15. The SMILES string of the molecule is [C-]#[N+]c1cnc(-c2ccco2)nc1NC(=O)Cc1c(O)cc(O)cc1O. The molecule has 26 heavy (non-hydrogen) atoms. The maximum atomic E-state index is 12.3. The monoisotopic (exact) mass is 352 g/mol. The molecule has 0 unspecified atom stereocenters. The molecule has 130 valence electrons. The highest BCUT2D eigenvalue weighted by Gasteiger charge is 2.17. The molecule has 3 aromatic rings. The summed E-state index contributed by atoms with van der Waals surface area (Å²) >= 11 is 0. The summed E-state index contributed by atoms with van der Waals surface area (Å²) in [7, 11) is 0. The normalized spacial score (nSPS) is 10.3. The molecule has 1 aromatic carbocycles. The lowest BCUT2D eigenvalue weighted by molar-refractivity contribution is -0.115. The number of rotatable bonds is 4. The van der Waals surface area contributed by atoms with Gasteiger partial charge < -0.3 is 25.1 Å². The number of benzene rings is 1. The molecule has 9 nitrogen and oxygen atoms in total. The number of furan rings is 1. The lowest BCUT2D eigenvalue weighted by atomic mass is 10.1. The van der Waals surface area contributed by atoms with E-state index in [1.54, 1.807) is 12.1 Å². The largest absolute Gasteiger partial charge is 0.508 e. The van der Waals surface area contributed by atoms with Crippen LogP contribution in [0.2, 0.25) is 0 Å². The highest BCUT2D eigenvalue weighted by atomic mass is 16.3. The van der Waals surface area contributed by atoms with E-state index in [0.717, 1.165) is 12.1 Å². The van der Waals surface area contributed by atoms with Crippen molar-refractivity contribution in [1.82, 2.24) is 9.97 Å². The molecule has 0 fully saturated rings. The van der Waals surface area contributed by atoms with E-state index in [9.17, 15) is 20.1 Å². The number of anilines is 1. The fourth-order valence-corrected chi connectivity index (χ4v) is 2.22. The smallest absolute Gasteiger partial charge is 0.246 e. The van der Waals surface area contributed by atoms with Crippen LogP contribution < -0.4 is 5.32 Å². The Hall–Kier alpha value is -4.06. The van der Waals surface area contributed by atoms with Crippen LogP contribution >= 0.6 is 0 Å². The molecule has 0 saturated carbocycles. The third-order valence-corrected chi connectivity index (χ3v) is 3.41. The van der Waals surface area contributed by atoms with Gasteiger partial charge in [-0.2, -0.15) is 0 Å². The van der Waals surface area contributed by atoms with Crippen molar-refractivity contribution in [2.75, 3.05) is 5.32 Å². The quantitative estimate of drug-likeness (QED) is 0.530. The number of aromatic nitrogens is 2. The van der Waals surface area contributed by atoms with Crippen molar-refractivity contribution in [3.63, 3.8) is 0 Å². The highest BCUT2D eigenvalue weighted by molar-refractivity contribution is 5.95. The zero-order valence-corrected chi connectivity index (χ0v) is 13.2. The predicted octanol–water partition coefficient (Wildman–Crippen LogP) is 2.59. The maximum Gasteiger partial charge on any atom is 0.246 e. The van der Waals surface area contributed by atoms with Crippen molar-refractivity contribution in [3.05, 3.63) is 53.7 Å². The van der Waals surface area contributed by atoms with E-state index in [1.165, 1.54) is 12.5 Å². The molecule has 1 amide bonds. The number of carbonyl (C=O) groups is 1. The summed E-state index contributed by atoms with van der Waals surface area (Å²) in [6.07, 6.45) is 2.30. The van der Waals surface area contributed by atoms with E-state index >= 15 is 0 Å². The van der Waals surface area contributed by atoms with Crippen molar-refractivity contribution < 1.29 is 24.5 Å². The van der Waals surface area contributed by atoms with E-state index in [1.807, 2.05) is 0 Å². The molecule has 0 bridgehead atoms. The molecule has 3 rings (SSSR count). The van der Waals surface area contributed by atoms with Gasteiger partial charge in [0.05, 0.1) is 19.3 Å². The Kier molecular flexibility index (Phi) is 4.40. The van der Waals surface area contributed by atoms with Gasteiger partial charge in [-0.25, -0.2) is 14.8 Å². The summed E-state index contributed by atoms with van der Waals surface area (Å²) in [5.41, 5.74) is -0.0437. The third kappa shape index (κ3) is 3.39. The second-order valence-corrected chi connectivity index (χ2v) is 5.20. The zero-order valence-electron chi connectivity index (χ0n) is 13.2. The van der Waals surface area contributed by atoms with E-state index in [4.69, 9.17) is 11.0 Å². The predicted molar refractivity (Wildman–Crippen MR) is 89.8 cm³/mol. The summed E-state index contributed by atoms with van der Waals surface area (Å²) < 4.78 is 5.19. The molecule has 0 aliphatic rings. The minimum atomic E-state index is -0.629. The number of hydrogen-bond donors (Lipinski definition) is 4. The number of carbonyl (C=O) groups excluding carboxylic acids is 1. The molecule has 0 radical (unpaired) electrons. The number of nitrogens with zero attached hydrogens (tertiary/aromatic N) is 3. The lowest BCUT2D eigenvalue weighted by Gasteiger charge is -2.10. The average Bonchev–Trinajstić information content (AvgIpc) is 3.12. The van der Waals surface area contributed by atoms with Crippen LogP contribution in [0.3, 0.4) is 0 Å². The molecule has 0 aliphatic heterocycles. The average molecular weight is 352 g/mol. The van der Waals surface area contributed by atoms with Gasteiger partial charge in [-0.15, -0.1) is 0 Å². The standard InChI is InChI=1S/C17H12N4O5/c1-18-11-8-19-17(14-3-2-4-26-14)21-16(11)20-15(25)7-10-12(23)5-9(22)6-13(10)24/h2-6,8,22-24H,7H2,(H,19,20,21,25). The van der Waals surface area contributed by atoms with Crippen molar-refractivity contribution in [2.24, 2.45) is 0 Å². The molecule has 0 aliphatic carbocycles. The van der Waals surface area contributed by atoms with Gasteiger partial charge >= 0.3 is 0 Å². The molecule has 0 spiro atoms. The van der Waals surface area contributed by atoms with Gasteiger partial charge in [0, 0.05) is 23.9 Å². The number of amides is 1. The Morgan fingerprint density at radius 3 is 2.62 bits per heavy atom. The van der Waals surface area contributed by atoms with Crippen molar-refractivity contribution in [3.8, 4) is 28.8 Å². The maximum absolute atomic E-state index is 12.3. The molecular formula is C17H12N4O5. The molecular weight excluding hydrogens is 340 g/mol. The second kappa shape index (κ2) is 6.82. The minimum Gasteiger partial charge on any atom is -0.508 e. The van der Waals surface area contributed by atoms with E-state index in [-0.39, 0.29) is 28.6 Å². The lowest BCUT2D eigenvalue weighted by Crippen LogP contribution is -2.16. The molecule has 2 aromatic heterocycles. The third-order valence-electron chi connectivity index (χ3n) is 3.41. The molecule has 2 heterocycles. The molecule has 0 atom stereocenters. The number of aromatic hydroxyl groups is 3. The van der Waals surface area contributed by atoms with Gasteiger partial charge in [0.1, 0.15) is 23.1 Å². The van der Waals surface area contributed by atoms with Gasteiger partial charge in [0.15, 0.2) is 11.6 Å². The minimum absolute atomic E-state index is 0.0211. The number of nitrogens with one attached hydrogen (secondary N) is 1. The fourth-order valence-electron chi connectivity index (χ4n) is 2.22. The Balaban J connectivity index is 1.85. The van der Waals surface area contributed by atoms with Crippen LogP contribution in [-0.4, -0.2) is 31.2 Å². The molecule has 4 N–H and O–H groups in total. The number of phenols is 3. The first kappa shape index (κ1) is 16.8. The summed E-state index contributed by atoms with van der Waals surface area (Å²) in [5, 5.41) is 31.3. The van der Waals surface area contributed by atoms with E-state index in [0.29, 0.717) is 5.76 Å². The first-order valence-corrected chi connectivity index (χ1v) is 7.30. The summed E-state index contributed by atoms with van der Waals surface area (Å²) in [6, 6.07) is 5.29. The Labute approximate surface area is 147 Å². The van der Waals surface area contributed by atoms with Crippen molar-refractivity contribution in [2.45, 2.75) is 6.42 Å². The highest BCUT2D eigenvalue weighted by Crippen LogP contribution is 2.33. The van der Waals surface area contributed by atoms with E-state index in [2.05, 4.69) is 20.1 Å². The van der Waals surface area contributed by atoms with Crippen LogP contribution in [0.1, 0.15) is 5.56 Å². The topological polar surface area (TPSA) is 133 Å². The molecule has 0 saturated heterocycles. The Morgan fingerprint density at radius 1 is 1.27 bits per heavy atom. The van der Waals surface area contributed by atoms with Crippen LogP contribution in [0.15, 0.2) is 41.1 Å². The zero-order chi connectivity index (χ0) is 18.7. The first-order chi connectivity index (χ1) is 12.5. The van der Waals surface area contributed by atoms with Gasteiger partial charge in [-0.05, 0) is 12.1 Å². The van der Waals surface area contributed by atoms with Gasteiger partial charge in [-0.1, -0.05) is 0 Å². The van der Waals surface area contributed by atoms with Gasteiger partial charge in [0.2, 0.25) is 11.6 Å². The van der Waals surface area contributed by atoms with Gasteiger partial charge in [0.25, 0.3) is 0 Å². The summed E-state index contributed by atoms with van der Waals surface area (Å²) in [4.78, 5) is 23.6. The Morgan fingerprint density at radius 2 is 2.00 bits per heavy atom. The molecule has 9 heteroatoms. The second-order valence-electron chi connectivity index (χ2n) is 5.20. The van der Waals surface area contributed by atoms with Crippen LogP contribution in [-0.2, 0) is 11.2 Å². The van der Waals surface area contributed by atoms with Crippen molar-refractivity contribution in [1.29, 1.82) is 0 Å². The van der Waals surface area contributed by atoms with Crippen LogP contribution in [0.4, 0.5) is 11.5 Å². The fraction of sp³-hybridized carbons (Fsp3) is 0.0588. The van der Waals surface area contributed by atoms with Crippen LogP contribution in [0.25, 0.3) is 16.4 Å². The number of phenolic OH excluding ortho intramolecular Hbond substituents is 3.